The lowest BCUT2D eigenvalue weighted by Crippen LogP contribution is -2.37. The number of carboxylic acid groups (broad SMARTS) is 1. The van der Waals surface area contributed by atoms with Gasteiger partial charge in [0.1, 0.15) is 0 Å². The van der Waals surface area contributed by atoms with Crippen molar-refractivity contribution in [2.45, 2.75) is 25.7 Å². The third-order valence-electron chi connectivity index (χ3n) is 3.02. The van der Waals surface area contributed by atoms with Crippen molar-refractivity contribution in [3.63, 3.8) is 0 Å². The molecule has 2 N–H and O–H groups in total. The molecule has 82 valence electrons. The molecule has 1 aromatic rings. The lowest BCUT2D eigenvalue weighted by molar-refractivity contribution is 0.131. The van der Waals surface area contributed by atoms with Gasteiger partial charge < -0.3 is 10.0 Å². The molecule has 1 fully saturated rings. The van der Waals surface area contributed by atoms with Crippen LogP contribution in [0.2, 0.25) is 0 Å². The molecular weight excluding hydrogens is 194 g/mol. The van der Waals surface area contributed by atoms with Gasteiger partial charge in [0.25, 0.3) is 0 Å². The minimum atomic E-state index is -0.813. The summed E-state index contributed by atoms with van der Waals surface area (Å²) in [5.74, 6) is 0.409. The van der Waals surface area contributed by atoms with Crippen molar-refractivity contribution in [1.82, 2.24) is 15.1 Å². The second-order valence-electron chi connectivity index (χ2n) is 4.00. The Balaban J connectivity index is 2.00. The Labute approximate surface area is 88.1 Å². The molecule has 0 aromatic carbocycles. The molecule has 1 amide bonds. The van der Waals surface area contributed by atoms with Crippen molar-refractivity contribution in [3.05, 3.63) is 17.5 Å². The lowest BCUT2D eigenvalue weighted by Gasteiger charge is -2.29. The predicted octanol–water partition coefficient (Wildman–Crippen LogP) is 1.58. The van der Waals surface area contributed by atoms with E-state index in [9.17, 15) is 4.79 Å². The van der Waals surface area contributed by atoms with Crippen LogP contribution >= 0.6 is 0 Å². The molecule has 1 saturated heterocycles. The molecule has 1 aliphatic heterocycles. The van der Waals surface area contributed by atoms with Crippen LogP contribution in [0.5, 0.6) is 0 Å². The first-order valence-electron chi connectivity index (χ1n) is 5.16. The fraction of sp³-hybridized carbons (Fsp3) is 0.600. The highest BCUT2D eigenvalue weighted by Gasteiger charge is 2.25. The van der Waals surface area contributed by atoms with Gasteiger partial charge in [-0.15, -0.1) is 0 Å². The quantitative estimate of drug-likeness (QED) is 0.737. The highest BCUT2D eigenvalue weighted by Crippen LogP contribution is 2.28. The Hall–Kier alpha value is -1.52. The molecule has 15 heavy (non-hydrogen) atoms. The number of rotatable bonds is 1. The Morgan fingerprint density at radius 2 is 2.27 bits per heavy atom. The first-order chi connectivity index (χ1) is 7.18. The summed E-state index contributed by atoms with van der Waals surface area (Å²) in [6, 6.07) is 0. The Kier molecular flexibility index (Phi) is 2.62. The SMILES string of the molecule is Cc1c[nH]nc1C1CCN(C(=O)O)CC1. The van der Waals surface area contributed by atoms with E-state index in [1.165, 1.54) is 10.5 Å². The predicted molar refractivity (Wildman–Crippen MR) is 54.9 cm³/mol. The number of hydrogen-bond donors (Lipinski definition) is 2. The highest BCUT2D eigenvalue weighted by atomic mass is 16.4. The van der Waals surface area contributed by atoms with Crippen molar-refractivity contribution < 1.29 is 9.90 Å². The molecule has 5 heteroatoms. The standard InChI is InChI=1S/C10H15N3O2/c1-7-6-11-12-9(7)8-2-4-13(5-3-8)10(14)15/h6,8H,2-5H2,1H3,(H,11,12)(H,14,15). The molecular formula is C10H15N3O2. The van der Waals surface area contributed by atoms with Crippen molar-refractivity contribution in [2.75, 3.05) is 13.1 Å². The number of hydrogen-bond acceptors (Lipinski definition) is 2. The van der Waals surface area contributed by atoms with E-state index in [0.29, 0.717) is 19.0 Å². The zero-order chi connectivity index (χ0) is 10.8. The van der Waals surface area contributed by atoms with Crippen molar-refractivity contribution >= 4 is 6.09 Å². The van der Waals surface area contributed by atoms with Gasteiger partial charge in [-0.1, -0.05) is 0 Å². The van der Waals surface area contributed by atoms with E-state index in [1.54, 1.807) is 0 Å². The zero-order valence-corrected chi connectivity index (χ0v) is 8.73. The first kappa shape index (κ1) is 10.0. The number of likely N-dealkylation sites (tertiary alicyclic amines) is 1. The van der Waals surface area contributed by atoms with Gasteiger partial charge in [0.15, 0.2) is 0 Å². The topological polar surface area (TPSA) is 69.2 Å². The van der Waals surface area contributed by atoms with Gasteiger partial charge in [0.05, 0.1) is 5.69 Å². The van der Waals surface area contributed by atoms with E-state index >= 15 is 0 Å². The monoisotopic (exact) mass is 209 g/mol. The number of carbonyl (C=O) groups is 1. The van der Waals surface area contributed by atoms with Gasteiger partial charge in [-0.2, -0.15) is 5.10 Å². The summed E-state index contributed by atoms with van der Waals surface area (Å²) >= 11 is 0. The number of aromatic nitrogens is 2. The second-order valence-corrected chi connectivity index (χ2v) is 4.00. The molecule has 0 atom stereocenters. The molecule has 0 radical (unpaired) electrons. The lowest BCUT2D eigenvalue weighted by atomic mass is 9.92. The normalized spacial score (nSPS) is 18.1. The van der Waals surface area contributed by atoms with Crippen molar-refractivity contribution in [1.29, 1.82) is 0 Å². The Bertz CT molecular complexity index is 353. The Morgan fingerprint density at radius 3 is 2.73 bits per heavy atom. The fourth-order valence-corrected chi connectivity index (χ4v) is 2.12. The third-order valence-corrected chi connectivity index (χ3v) is 3.02. The number of nitrogens with zero attached hydrogens (tertiary/aromatic N) is 2. The van der Waals surface area contributed by atoms with E-state index in [-0.39, 0.29) is 0 Å². The van der Waals surface area contributed by atoms with Crippen LogP contribution in [0.1, 0.15) is 30.0 Å². The summed E-state index contributed by atoms with van der Waals surface area (Å²) in [6.45, 7) is 3.26. The van der Waals surface area contributed by atoms with Crippen LogP contribution in [0, 0.1) is 6.92 Å². The molecule has 0 aliphatic carbocycles. The summed E-state index contributed by atoms with van der Waals surface area (Å²) in [4.78, 5) is 12.2. The van der Waals surface area contributed by atoms with E-state index in [0.717, 1.165) is 18.5 Å². The minimum absolute atomic E-state index is 0.409. The van der Waals surface area contributed by atoms with E-state index < -0.39 is 6.09 Å². The van der Waals surface area contributed by atoms with E-state index in [2.05, 4.69) is 10.2 Å². The van der Waals surface area contributed by atoms with Crippen LogP contribution in [-0.2, 0) is 0 Å². The molecule has 0 bridgehead atoms. The zero-order valence-electron chi connectivity index (χ0n) is 8.73. The number of H-pyrrole nitrogens is 1. The molecule has 2 heterocycles. The van der Waals surface area contributed by atoms with Crippen LogP contribution in [0.25, 0.3) is 0 Å². The summed E-state index contributed by atoms with van der Waals surface area (Å²) < 4.78 is 0. The second kappa shape index (κ2) is 3.92. The number of nitrogens with one attached hydrogen (secondary N) is 1. The van der Waals surface area contributed by atoms with Gasteiger partial charge >= 0.3 is 6.09 Å². The molecule has 0 spiro atoms. The maximum absolute atomic E-state index is 10.7. The number of amides is 1. The number of aromatic amines is 1. The van der Waals surface area contributed by atoms with Crippen LogP contribution in [0.3, 0.4) is 0 Å². The molecule has 1 aromatic heterocycles. The fourth-order valence-electron chi connectivity index (χ4n) is 2.12. The van der Waals surface area contributed by atoms with Crippen molar-refractivity contribution in [2.24, 2.45) is 0 Å². The maximum atomic E-state index is 10.7. The van der Waals surface area contributed by atoms with Crippen molar-refractivity contribution in [3.8, 4) is 0 Å². The Morgan fingerprint density at radius 1 is 1.60 bits per heavy atom. The van der Waals surface area contributed by atoms with E-state index in [1.807, 2.05) is 13.1 Å². The maximum Gasteiger partial charge on any atom is 0.407 e. The average Bonchev–Trinajstić information content (AvgIpc) is 2.65. The molecule has 1 aliphatic rings. The van der Waals surface area contributed by atoms with Crippen LogP contribution in [0.15, 0.2) is 6.20 Å². The molecule has 2 rings (SSSR count). The summed E-state index contributed by atoms with van der Waals surface area (Å²) in [5.41, 5.74) is 2.27. The smallest absolute Gasteiger partial charge is 0.407 e. The first-order valence-corrected chi connectivity index (χ1v) is 5.16. The molecule has 0 saturated carbocycles. The summed E-state index contributed by atoms with van der Waals surface area (Å²) in [6.07, 6.45) is 2.82. The number of aryl methyl sites for hydroxylation is 1. The summed E-state index contributed by atoms with van der Waals surface area (Å²) in [5, 5.41) is 15.9. The number of piperidine rings is 1. The van der Waals surface area contributed by atoms with Gasteiger partial charge in [0, 0.05) is 25.2 Å². The summed E-state index contributed by atoms with van der Waals surface area (Å²) in [7, 11) is 0. The van der Waals surface area contributed by atoms with Gasteiger partial charge in [-0.25, -0.2) is 4.79 Å². The van der Waals surface area contributed by atoms with Gasteiger partial charge in [-0.05, 0) is 25.3 Å². The molecule has 5 nitrogen and oxygen atoms in total. The van der Waals surface area contributed by atoms with Crippen LogP contribution in [-0.4, -0.2) is 39.4 Å². The molecule has 0 unspecified atom stereocenters. The average molecular weight is 209 g/mol. The third kappa shape index (κ3) is 1.95. The van der Waals surface area contributed by atoms with Crippen LogP contribution < -0.4 is 0 Å². The highest BCUT2D eigenvalue weighted by molar-refractivity contribution is 5.65. The van der Waals surface area contributed by atoms with E-state index in [4.69, 9.17) is 5.11 Å². The van der Waals surface area contributed by atoms with Crippen LogP contribution in [0.4, 0.5) is 4.79 Å². The van der Waals surface area contributed by atoms with Gasteiger partial charge in [0.2, 0.25) is 0 Å². The minimum Gasteiger partial charge on any atom is -0.465 e. The van der Waals surface area contributed by atoms with Gasteiger partial charge in [-0.3, -0.25) is 5.10 Å². The largest absolute Gasteiger partial charge is 0.465 e.